The molecule has 0 spiro atoms. The second-order valence-corrected chi connectivity index (χ2v) is 4.63. The maximum absolute atomic E-state index is 6.13. The second kappa shape index (κ2) is 6.89. The van der Waals surface area contributed by atoms with Gasteiger partial charge in [0.1, 0.15) is 0 Å². The van der Waals surface area contributed by atoms with E-state index < -0.39 is 0 Å². The molecule has 1 rings (SSSR count). The van der Waals surface area contributed by atoms with E-state index in [0.717, 1.165) is 18.1 Å². The zero-order valence-electron chi connectivity index (χ0n) is 9.95. The minimum absolute atomic E-state index is 0.417. The normalized spacial score (nSPS) is 14.8. The summed E-state index contributed by atoms with van der Waals surface area (Å²) in [5.41, 5.74) is 6.97. The molecule has 0 bridgehead atoms. The van der Waals surface area contributed by atoms with Crippen LogP contribution in [0.3, 0.4) is 0 Å². The van der Waals surface area contributed by atoms with Gasteiger partial charge in [-0.1, -0.05) is 36.7 Å². The van der Waals surface area contributed by atoms with E-state index in [2.05, 4.69) is 13.0 Å². The monoisotopic (exact) mass is 241 g/mol. The highest BCUT2D eigenvalue weighted by atomic mass is 35.5. The third-order valence-corrected chi connectivity index (χ3v) is 3.35. The lowest BCUT2D eigenvalue weighted by Crippen LogP contribution is -2.26. The van der Waals surface area contributed by atoms with Gasteiger partial charge in [-0.05, 0) is 36.4 Å². The molecule has 3 heteroatoms. The molecule has 16 heavy (non-hydrogen) atoms. The summed E-state index contributed by atoms with van der Waals surface area (Å²) in [6.07, 6.45) is 0.917. The van der Waals surface area contributed by atoms with Gasteiger partial charge in [-0.3, -0.25) is 0 Å². The van der Waals surface area contributed by atoms with Gasteiger partial charge in [-0.15, -0.1) is 0 Å². The Morgan fingerprint density at radius 2 is 2.06 bits per heavy atom. The number of ether oxygens (including phenoxy) is 1. The third kappa shape index (κ3) is 3.78. The zero-order chi connectivity index (χ0) is 12.0. The lowest BCUT2D eigenvalue weighted by Gasteiger charge is -2.22. The van der Waals surface area contributed by atoms with Crippen molar-refractivity contribution in [1.29, 1.82) is 0 Å². The van der Waals surface area contributed by atoms with Crippen LogP contribution in [0.15, 0.2) is 24.3 Å². The zero-order valence-corrected chi connectivity index (χ0v) is 10.7. The number of methoxy groups -OCH3 is 1. The fourth-order valence-corrected chi connectivity index (χ4v) is 2.08. The molecule has 2 nitrogen and oxygen atoms in total. The van der Waals surface area contributed by atoms with Crippen LogP contribution >= 0.6 is 11.6 Å². The molecule has 2 N–H and O–H groups in total. The van der Waals surface area contributed by atoms with E-state index in [1.165, 1.54) is 5.56 Å². The van der Waals surface area contributed by atoms with Crippen LogP contribution in [0.1, 0.15) is 12.5 Å². The Hall–Kier alpha value is -0.570. The molecule has 1 aromatic rings. The first-order valence-electron chi connectivity index (χ1n) is 5.61. The number of nitrogens with two attached hydrogens (primary N) is 1. The molecule has 0 aliphatic rings. The topological polar surface area (TPSA) is 35.2 Å². The average Bonchev–Trinajstić information content (AvgIpc) is 2.28. The summed E-state index contributed by atoms with van der Waals surface area (Å²) in [6, 6.07) is 7.94. The molecule has 0 fully saturated rings. The van der Waals surface area contributed by atoms with Crippen molar-refractivity contribution in [3.8, 4) is 0 Å². The molecular formula is C13H20ClNO. The molecule has 90 valence electrons. The smallest absolute Gasteiger partial charge is 0.0491 e. The highest BCUT2D eigenvalue weighted by molar-refractivity contribution is 6.31. The van der Waals surface area contributed by atoms with Gasteiger partial charge in [0.2, 0.25) is 0 Å². The van der Waals surface area contributed by atoms with E-state index in [1.807, 2.05) is 18.2 Å². The van der Waals surface area contributed by atoms with Crippen molar-refractivity contribution in [2.75, 3.05) is 20.3 Å². The molecule has 2 atom stereocenters. The number of hydrogen-bond donors (Lipinski definition) is 1. The molecule has 0 aliphatic carbocycles. The first-order chi connectivity index (χ1) is 7.69. The Bertz CT molecular complexity index is 317. The van der Waals surface area contributed by atoms with Gasteiger partial charge in [0.15, 0.2) is 0 Å². The molecular weight excluding hydrogens is 222 g/mol. The van der Waals surface area contributed by atoms with Gasteiger partial charge in [-0.2, -0.15) is 0 Å². The quantitative estimate of drug-likeness (QED) is 0.831. The van der Waals surface area contributed by atoms with E-state index in [1.54, 1.807) is 7.11 Å². The highest BCUT2D eigenvalue weighted by Crippen LogP contribution is 2.22. The van der Waals surface area contributed by atoms with Crippen LogP contribution in [0.25, 0.3) is 0 Å². The molecule has 0 heterocycles. The van der Waals surface area contributed by atoms with Gasteiger partial charge in [0.05, 0.1) is 0 Å². The maximum atomic E-state index is 6.13. The van der Waals surface area contributed by atoms with E-state index in [4.69, 9.17) is 22.1 Å². The van der Waals surface area contributed by atoms with Crippen LogP contribution in [0.2, 0.25) is 5.02 Å². The SMILES string of the molecule is COCC(C)C(CN)Cc1ccccc1Cl. The third-order valence-electron chi connectivity index (χ3n) is 2.98. The first-order valence-corrected chi connectivity index (χ1v) is 5.99. The molecule has 2 unspecified atom stereocenters. The number of halogens is 1. The first kappa shape index (κ1) is 13.5. The van der Waals surface area contributed by atoms with E-state index in [0.29, 0.717) is 18.4 Å². The second-order valence-electron chi connectivity index (χ2n) is 4.22. The molecule has 0 amide bonds. The summed E-state index contributed by atoms with van der Waals surface area (Å²) >= 11 is 6.13. The summed E-state index contributed by atoms with van der Waals surface area (Å²) < 4.78 is 5.17. The standard InChI is InChI=1S/C13H20ClNO/c1-10(9-16-2)12(8-15)7-11-5-3-4-6-13(11)14/h3-6,10,12H,7-9,15H2,1-2H3. The number of benzene rings is 1. The Morgan fingerprint density at radius 1 is 1.38 bits per heavy atom. The maximum Gasteiger partial charge on any atom is 0.0491 e. The van der Waals surface area contributed by atoms with Crippen molar-refractivity contribution in [1.82, 2.24) is 0 Å². The van der Waals surface area contributed by atoms with Crippen molar-refractivity contribution in [3.63, 3.8) is 0 Å². The van der Waals surface area contributed by atoms with Gasteiger partial charge in [-0.25, -0.2) is 0 Å². The summed E-state index contributed by atoms with van der Waals surface area (Å²) in [7, 11) is 1.72. The van der Waals surface area contributed by atoms with E-state index >= 15 is 0 Å². The minimum atomic E-state index is 0.417. The lowest BCUT2D eigenvalue weighted by atomic mass is 9.88. The number of hydrogen-bond acceptors (Lipinski definition) is 2. The van der Waals surface area contributed by atoms with Crippen LogP contribution in [0.5, 0.6) is 0 Å². The fraction of sp³-hybridized carbons (Fsp3) is 0.538. The molecule has 0 radical (unpaired) electrons. The van der Waals surface area contributed by atoms with Crippen molar-refractivity contribution in [3.05, 3.63) is 34.9 Å². The van der Waals surface area contributed by atoms with Gasteiger partial charge >= 0.3 is 0 Å². The van der Waals surface area contributed by atoms with Gasteiger partial charge < -0.3 is 10.5 Å². The molecule has 1 aromatic carbocycles. The predicted molar refractivity (Wildman–Crippen MR) is 68.7 cm³/mol. The van der Waals surface area contributed by atoms with Crippen LogP contribution < -0.4 is 5.73 Å². The molecule has 0 saturated carbocycles. The van der Waals surface area contributed by atoms with Crippen molar-refractivity contribution in [2.45, 2.75) is 13.3 Å². The Balaban J connectivity index is 2.66. The van der Waals surface area contributed by atoms with Crippen molar-refractivity contribution >= 4 is 11.6 Å². The molecule has 0 aromatic heterocycles. The summed E-state index contributed by atoms with van der Waals surface area (Å²) in [5, 5.41) is 0.825. The van der Waals surface area contributed by atoms with Crippen molar-refractivity contribution < 1.29 is 4.74 Å². The predicted octanol–water partition coefficient (Wildman–Crippen LogP) is 2.74. The van der Waals surface area contributed by atoms with Crippen LogP contribution in [0.4, 0.5) is 0 Å². The average molecular weight is 242 g/mol. The fourth-order valence-electron chi connectivity index (χ4n) is 1.86. The minimum Gasteiger partial charge on any atom is -0.384 e. The Morgan fingerprint density at radius 3 is 2.62 bits per heavy atom. The van der Waals surface area contributed by atoms with Crippen LogP contribution in [-0.2, 0) is 11.2 Å². The number of rotatable bonds is 6. The van der Waals surface area contributed by atoms with E-state index in [-0.39, 0.29) is 0 Å². The summed E-state index contributed by atoms with van der Waals surface area (Å²) in [4.78, 5) is 0. The molecule has 0 saturated heterocycles. The highest BCUT2D eigenvalue weighted by Gasteiger charge is 2.17. The lowest BCUT2D eigenvalue weighted by molar-refractivity contribution is 0.131. The largest absolute Gasteiger partial charge is 0.384 e. The Kier molecular flexibility index (Phi) is 5.81. The van der Waals surface area contributed by atoms with Crippen LogP contribution in [-0.4, -0.2) is 20.3 Å². The molecule has 0 aliphatic heterocycles. The van der Waals surface area contributed by atoms with Crippen molar-refractivity contribution in [2.24, 2.45) is 17.6 Å². The Labute approximate surface area is 103 Å². The van der Waals surface area contributed by atoms with Gasteiger partial charge in [0, 0.05) is 18.7 Å². The van der Waals surface area contributed by atoms with Gasteiger partial charge in [0.25, 0.3) is 0 Å². The van der Waals surface area contributed by atoms with E-state index in [9.17, 15) is 0 Å². The van der Waals surface area contributed by atoms with Crippen LogP contribution in [0, 0.1) is 11.8 Å². The summed E-state index contributed by atoms with van der Waals surface area (Å²) in [6.45, 7) is 3.57. The summed E-state index contributed by atoms with van der Waals surface area (Å²) in [5.74, 6) is 0.867.